The lowest BCUT2D eigenvalue weighted by Crippen LogP contribution is -2.40. The third kappa shape index (κ3) is 4.62. The van der Waals surface area contributed by atoms with Gasteiger partial charge < -0.3 is 9.47 Å². The van der Waals surface area contributed by atoms with Gasteiger partial charge in [0.15, 0.2) is 14.6 Å². The van der Waals surface area contributed by atoms with Crippen molar-refractivity contribution < 1.29 is 18.0 Å². The van der Waals surface area contributed by atoms with Gasteiger partial charge in [-0.25, -0.2) is 8.42 Å². The second-order valence-corrected chi connectivity index (χ2v) is 10.8. The monoisotopic (exact) mass is 457 g/mol. The molecule has 0 radical (unpaired) electrons. The SMILES string of the molecule is Cc1ccc2c(c1)sc(=NC(=O)CS(=O)(=O)CC(=O)N1CCCc3ccccc31)n2C. The molecule has 0 atom stereocenters. The molecule has 1 aliphatic rings. The van der Waals surface area contributed by atoms with Crippen molar-refractivity contribution in [2.75, 3.05) is 23.0 Å². The molecule has 1 aliphatic heterocycles. The van der Waals surface area contributed by atoms with Crippen molar-refractivity contribution in [1.29, 1.82) is 0 Å². The van der Waals surface area contributed by atoms with Crippen LogP contribution < -0.4 is 9.70 Å². The Labute approximate surface area is 184 Å². The molecular weight excluding hydrogens is 434 g/mol. The molecule has 9 heteroatoms. The van der Waals surface area contributed by atoms with Gasteiger partial charge in [-0.1, -0.05) is 35.6 Å². The number of benzene rings is 2. The van der Waals surface area contributed by atoms with Crippen LogP contribution in [0.5, 0.6) is 0 Å². The van der Waals surface area contributed by atoms with E-state index < -0.39 is 33.2 Å². The zero-order valence-electron chi connectivity index (χ0n) is 17.4. The van der Waals surface area contributed by atoms with Crippen LogP contribution in [-0.4, -0.2) is 42.8 Å². The Balaban J connectivity index is 1.50. The van der Waals surface area contributed by atoms with Crippen LogP contribution in [-0.2, 0) is 32.9 Å². The minimum absolute atomic E-state index is 0.428. The van der Waals surface area contributed by atoms with E-state index in [1.165, 1.54) is 16.2 Å². The normalized spacial score (nSPS) is 14.6. The number of nitrogens with zero attached hydrogens (tertiary/aromatic N) is 3. The van der Waals surface area contributed by atoms with E-state index in [1.54, 1.807) is 11.6 Å². The molecule has 31 heavy (non-hydrogen) atoms. The van der Waals surface area contributed by atoms with Gasteiger partial charge in [-0.2, -0.15) is 4.99 Å². The van der Waals surface area contributed by atoms with Gasteiger partial charge >= 0.3 is 0 Å². The number of carbonyl (C=O) groups excluding carboxylic acids is 2. The summed E-state index contributed by atoms with van der Waals surface area (Å²) in [6.45, 7) is 2.45. The van der Waals surface area contributed by atoms with Gasteiger partial charge in [0.1, 0.15) is 11.5 Å². The molecule has 0 saturated carbocycles. The highest BCUT2D eigenvalue weighted by Crippen LogP contribution is 2.27. The second-order valence-electron chi connectivity index (χ2n) is 7.73. The highest BCUT2D eigenvalue weighted by Gasteiger charge is 2.28. The van der Waals surface area contributed by atoms with Crippen molar-refractivity contribution in [3.05, 3.63) is 58.4 Å². The number of amides is 2. The number of rotatable bonds is 4. The number of thiazole rings is 1. The number of hydrogen-bond donors (Lipinski definition) is 0. The third-order valence-corrected chi connectivity index (χ3v) is 7.75. The van der Waals surface area contributed by atoms with Gasteiger partial charge in [0.2, 0.25) is 5.91 Å². The highest BCUT2D eigenvalue weighted by atomic mass is 32.2. The smallest absolute Gasteiger partial charge is 0.263 e. The molecule has 2 amide bonds. The van der Waals surface area contributed by atoms with E-state index >= 15 is 0 Å². The molecule has 3 aromatic rings. The van der Waals surface area contributed by atoms with E-state index in [0.717, 1.165) is 39.9 Å². The number of aromatic nitrogens is 1. The summed E-state index contributed by atoms with van der Waals surface area (Å²) in [5, 5.41) is 0. The summed E-state index contributed by atoms with van der Waals surface area (Å²) in [5.41, 5.74) is 3.78. The summed E-state index contributed by atoms with van der Waals surface area (Å²) < 4.78 is 27.9. The highest BCUT2D eigenvalue weighted by molar-refractivity contribution is 7.92. The number of aryl methyl sites for hydroxylation is 3. The van der Waals surface area contributed by atoms with Crippen LogP contribution in [0.1, 0.15) is 17.5 Å². The molecule has 4 rings (SSSR count). The van der Waals surface area contributed by atoms with Gasteiger partial charge in [0.05, 0.1) is 10.2 Å². The molecule has 1 aromatic heterocycles. The number of anilines is 1. The van der Waals surface area contributed by atoms with E-state index in [1.807, 2.05) is 49.4 Å². The van der Waals surface area contributed by atoms with E-state index in [9.17, 15) is 18.0 Å². The molecule has 2 aromatic carbocycles. The van der Waals surface area contributed by atoms with Crippen LogP contribution in [0.3, 0.4) is 0 Å². The lowest BCUT2D eigenvalue weighted by atomic mass is 10.0. The summed E-state index contributed by atoms with van der Waals surface area (Å²) in [5.74, 6) is -2.78. The number of sulfone groups is 1. The topological polar surface area (TPSA) is 88.8 Å². The molecule has 0 spiro atoms. The summed E-state index contributed by atoms with van der Waals surface area (Å²) in [6.07, 6.45) is 1.63. The van der Waals surface area contributed by atoms with Crippen LogP contribution in [0.15, 0.2) is 47.5 Å². The van der Waals surface area contributed by atoms with Crippen molar-refractivity contribution in [3.8, 4) is 0 Å². The quantitative estimate of drug-likeness (QED) is 0.602. The van der Waals surface area contributed by atoms with E-state index in [-0.39, 0.29) is 0 Å². The zero-order chi connectivity index (χ0) is 22.2. The van der Waals surface area contributed by atoms with Gasteiger partial charge in [-0.15, -0.1) is 0 Å². The number of para-hydroxylation sites is 1. The second kappa shape index (κ2) is 8.39. The Bertz CT molecular complexity index is 1350. The largest absolute Gasteiger partial charge is 0.319 e. The van der Waals surface area contributed by atoms with Crippen LogP contribution in [0, 0.1) is 6.92 Å². The predicted molar refractivity (Wildman–Crippen MR) is 122 cm³/mol. The molecular formula is C22H23N3O4S2. The molecule has 0 fully saturated rings. The molecule has 0 saturated heterocycles. The minimum Gasteiger partial charge on any atom is -0.319 e. The van der Waals surface area contributed by atoms with Gasteiger partial charge in [-0.3, -0.25) is 9.59 Å². The van der Waals surface area contributed by atoms with Crippen molar-refractivity contribution in [2.45, 2.75) is 19.8 Å². The van der Waals surface area contributed by atoms with E-state index in [4.69, 9.17) is 0 Å². The third-order valence-electron chi connectivity index (χ3n) is 5.28. The number of fused-ring (bicyclic) bond motifs is 2. The van der Waals surface area contributed by atoms with Crippen LogP contribution in [0.25, 0.3) is 10.2 Å². The van der Waals surface area contributed by atoms with Gasteiger partial charge in [-0.05, 0) is 49.1 Å². The molecule has 0 bridgehead atoms. The fraction of sp³-hybridized carbons (Fsp3) is 0.318. The van der Waals surface area contributed by atoms with Gasteiger partial charge in [0.25, 0.3) is 5.91 Å². The first kappa shape index (κ1) is 21.5. The maximum atomic E-state index is 12.7. The Kier molecular flexibility index (Phi) is 5.81. The Hall–Kier alpha value is -2.78. The summed E-state index contributed by atoms with van der Waals surface area (Å²) in [4.78, 5) is 31.1. The maximum Gasteiger partial charge on any atom is 0.263 e. The predicted octanol–water partition coefficient (Wildman–Crippen LogP) is 2.37. The minimum atomic E-state index is -3.94. The fourth-order valence-electron chi connectivity index (χ4n) is 3.78. The summed E-state index contributed by atoms with van der Waals surface area (Å²) >= 11 is 1.33. The average Bonchev–Trinajstić information content (AvgIpc) is 3.00. The van der Waals surface area contributed by atoms with Crippen molar-refractivity contribution >= 4 is 48.9 Å². The Morgan fingerprint density at radius 2 is 1.90 bits per heavy atom. The standard InChI is InChI=1S/C22H23N3O4S2/c1-15-9-10-18-19(12-15)30-22(24(18)2)23-20(26)13-31(28,29)14-21(27)25-11-5-7-16-6-3-4-8-17(16)25/h3-4,6,8-10,12H,5,7,11,13-14H2,1-2H3. The zero-order valence-corrected chi connectivity index (χ0v) is 19.0. The average molecular weight is 458 g/mol. The first-order valence-electron chi connectivity index (χ1n) is 9.96. The van der Waals surface area contributed by atoms with E-state index in [0.29, 0.717) is 11.3 Å². The van der Waals surface area contributed by atoms with E-state index in [2.05, 4.69) is 4.99 Å². The van der Waals surface area contributed by atoms with Crippen molar-refractivity contribution in [3.63, 3.8) is 0 Å². The van der Waals surface area contributed by atoms with Gasteiger partial charge in [0, 0.05) is 19.3 Å². The molecule has 2 heterocycles. The Morgan fingerprint density at radius 1 is 1.13 bits per heavy atom. The van der Waals surface area contributed by atoms with Crippen molar-refractivity contribution in [1.82, 2.24) is 4.57 Å². The van der Waals surface area contributed by atoms with Crippen LogP contribution in [0.2, 0.25) is 0 Å². The fourth-order valence-corrected chi connectivity index (χ4v) is 5.99. The summed E-state index contributed by atoms with van der Waals surface area (Å²) in [6, 6.07) is 13.4. The van der Waals surface area contributed by atoms with Crippen molar-refractivity contribution in [2.24, 2.45) is 12.0 Å². The lowest BCUT2D eigenvalue weighted by Gasteiger charge is -2.29. The lowest BCUT2D eigenvalue weighted by molar-refractivity contribution is -0.116. The Morgan fingerprint density at radius 3 is 2.71 bits per heavy atom. The number of hydrogen-bond acceptors (Lipinski definition) is 5. The van der Waals surface area contributed by atoms with Crippen LogP contribution in [0.4, 0.5) is 5.69 Å². The van der Waals surface area contributed by atoms with Crippen LogP contribution >= 0.6 is 11.3 Å². The molecule has 0 N–H and O–H groups in total. The molecule has 7 nitrogen and oxygen atoms in total. The molecule has 0 aliphatic carbocycles. The summed E-state index contributed by atoms with van der Waals surface area (Å²) in [7, 11) is -2.16. The molecule has 162 valence electrons. The first-order valence-corrected chi connectivity index (χ1v) is 12.6. The maximum absolute atomic E-state index is 12.7. The molecule has 0 unspecified atom stereocenters. The number of carbonyl (C=O) groups is 2. The first-order chi connectivity index (χ1) is 14.7.